The van der Waals surface area contributed by atoms with Gasteiger partial charge in [0.05, 0.1) is 34.0 Å². The van der Waals surface area contributed by atoms with Crippen molar-refractivity contribution >= 4 is 46.3 Å². The summed E-state index contributed by atoms with van der Waals surface area (Å²) in [5.74, 6) is -0.697. The quantitative estimate of drug-likeness (QED) is 0.390. The predicted molar refractivity (Wildman–Crippen MR) is 128 cm³/mol. The molecule has 0 spiro atoms. The van der Waals surface area contributed by atoms with E-state index in [9.17, 15) is 18.8 Å². The van der Waals surface area contributed by atoms with Gasteiger partial charge in [0, 0.05) is 26.2 Å². The highest BCUT2D eigenvalue weighted by molar-refractivity contribution is 7.99. The average Bonchev–Trinajstić information content (AvgIpc) is 2.85. The maximum Gasteiger partial charge on any atom is 0.409 e. The molecule has 0 N–H and O–H groups in total. The van der Waals surface area contributed by atoms with Crippen LogP contribution in [0.15, 0.2) is 52.4 Å². The van der Waals surface area contributed by atoms with Gasteiger partial charge in [0.2, 0.25) is 5.91 Å². The van der Waals surface area contributed by atoms with Crippen molar-refractivity contribution in [3.05, 3.63) is 63.7 Å². The summed E-state index contributed by atoms with van der Waals surface area (Å²) in [5, 5.41) is 0.572. The summed E-state index contributed by atoms with van der Waals surface area (Å²) in [5.41, 5.74) is 0.508. The summed E-state index contributed by atoms with van der Waals surface area (Å²) in [6.45, 7) is 3.61. The maximum absolute atomic E-state index is 13.7. The minimum Gasteiger partial charge on any atom is -0.450 e. The van der Waals surface area contributed by atoms with Crippen LogP contribution >= 0.6 is 23.4 Å². The van der Waals surface area contributed by atoms with Crippen LogP contribution in [0.25, 0.3) is 16.6 Å². The average molecular weight is 505 g/mol. The number of aromatic nitrogens is 2. The summed E-state index contributed by atoms with van der Waals surface area (Å²) in [6.07, 6.45) is -0.383. The minimum absolute atomic E-state index is 0.0408. The number of nitrogens with zero attached hydrogens (tertiary/aromatic N) is 4. The van der Waals surface area contributed by atoms with E-state index in [0.29, 0.717) is 54.5 Å². The lowest BCUT2D eigenvalue weighted by atomic mass is 10.2. The van der Waals surface area contributed by atoms with E-state index in [1.54, 1.807) is 41.0 Å². The second-order valence-corrected chi connectivity index (χ2v) is 8.86. The number of hydrogen-bond donors (Lipinski definition) is 0. The van der Waals surface area contributed by atoms with Crippen LogP contribution in [0.3, 0.4) is 0 Å². The molecule has 1 aliphatic heterocycles. The van der Waals surface area contributed by atoms with Gasteiger partial charge < -0.3 is 14.5 Å². The van der Waals surface area contributed by atoms with E-state index in [0.717, 1.165) is 11.8 Å². The van der Waals surface area contributed by atoms with Crippen molar-refractivity contribution in [1.82, 2.24) is 19.4 Å². The molecule has 0 unspecified atom stereocenters. The van der Waals surface area contributed by atoms with E-state index in [1.807, 2.05) is 0 Å². The van der Waals surface area contributed by atoms with Crippen LogP contribution < -0.4 is 5.56 Å². The third-order valence-corrected chi connectivity index (χ3v) is 6.60. The predicted octanol–water partition coefficient (Wildman–Crippen LogP) is 3.57. The van der Waals surface area contributed by atoms with Gasteiger partial charge in [0.25, 0.3) is 5.56 Å². The molecule has 0 saturated carbocycles. The maximum atomic E-state index is 13.7. The number of hydrogen-bond acceptors (Lipinski definition) is 6. The molecule has 2 amide bonds. The number of rotatable bonds is 5. The number of piperazine rings is 1. The van der Waals surface area contributed by atoms with Gasteiger partial charge in [-0.3, -0.25) is 14.2 Å². The van der Waals surface area contributed by atoms with Crippen LogP contribution in [0.5, 0.6) is 0 Å². The Morgan fingerprint density at radius 2 is 1.82 bits per heavy atom. The fourth-order valence-electron chi connectivity index (χ4n) is 3.63. The molecule has 0 bridgehead atoms. The van der Waals surface area contributed by atoms with Crippen molar-refractivity contribution in [1.29, 1.82) is 0 Å². The standard InChI is InChI=1S/C23H22ClFN4O4S/c1-2-33-23(32)28-11-9-27(10-12-28)20(30)14-34-22-26-19-6-4-3-5-16(19)21(31)29(22)15-7-8-18(25)17(24)13-15/h3-8,13H,2,9-12,14H2,1H3. The Morgan fingerprint density at radius 1 is 1.12 bits per heavy atom. The van der Waals surface area contributed by atoms with Gasteiger partial charge in [0.1, 0.15) is 5.82 Å². The number of carbonyl (C=O) groups excluding carboxylic acids is 2. The van der Waals surface area contributed by atoms with Crippen LogP contribution in [0, 0.1) is 5.82 Å². The largest absolute Gasteiger partial charge is 0.450 e. The van der Waals surface area contributed by atoms with Gasteiger partial charge in [-0.25, -0.2) is 14.2 Å². The van der Waals surface area contributed by atoms with Crippen LogP contribution in [0.2, 0.25) is 5.02 Å². The Bertz CT molecular complexity index is 1290. The zero-order valence-corrected chi connectivity index (χ0v) is 19.9. The van der Waals surface area contributed by atoms with Crippen LogP contribution in [-0.4, -0.2) is 69.9 Å². The Balaban J connectivity index is 1.56. The van der Waals surface area contributed by atoms with Crippen molar-refractivity contribution < 1.29 is 18.7 Å². The smallest absolute Gasteiger partial charge is 0.409 e. The van der Waals surface area contributed by atoms with Gasteiger partial charge in [0.15, 0.2) is 5.16 Å². The lowest BCUT2D eigenvalue weighted by molar-refractivity contribution is -0.129. The molecule has 178 valence electrons. The number of benzene rings is 2. The van der Waals surface area contributed by atoms with Gasteiger partial charge in [-0.2, -0.15) is 0 Å². The molecule has 2 heterocycles. The van der Waals surface area contributed by atoms with Gasteiger partial charge >= 0.3 is 6.09 Å². The van der Waals surface area contributed by atoms with Crippen LogP contribution in [0.4, 0.5) is 9.18 Å². The monoisotopic (exact) mass is 504 g/mol. The number of carbonyl (C=O) groups is 2. The molecular formula is C23H22ClFN4O4S. The van der Waals surface area contributed by atoms with E-state index in [-0.39, 0.29) is 28.3 Å². The highest BCUT2D eigenvalue weighted by Crippen LogP contribution is 2.24. The molecular weight excluding hydrogens is 483 g/mol. The molecule has 3 aromatic rings. The van der Waals surface area contributed by atoms with Gasteiger partial charge in [-0.15, -0.1) is 0 Å². The molecule has 11 heteroatoms. The zero-order chi connectivity index (χ0) is 24.2. The van der Waals surface area contributed by atoms with E-state index in [4.69, 9.17) is 16.3 Å². The van der Waals surface area contributed by atoms with Crippen LogP contribution in [0.1, 0.15) is 6.92 Å². The Hall–Kier alpha value is -3.11. The van der Waals surface area contributed by atoms with Gasteiger partial charge in [-0.05, 0) is 37.3 Å². The van der Waals surface area contributed by atoms with Crippen molar-refractivity contribution in [2.75, 3.05) is 38.5 Å². The molecule has 1 fully saturated rings. The number of halogens is 2. The molecule has 1 aromatic heterocycles. The highest BCUT2D eigenvalue weighted by Gasteiger charge is 2.25. The van der Waals surface area contributed by atoms with Gasteiger partial charge in [-0.1, -0.05) is 35.5 Å². The fraction of sp³-hybridized carbons (Fsp3) is 0.304. The Morgan fingerprint density at radius 3 is 2.53 bits per heavy atom. The first-order valence-electron chi connectivity index (χ1n) is 10.7. The topological polar surface area (TPSA) is 84.7 Å². The molecule has 0 radical (unpaired) electrons. The molecule has 0 atom stereocenters. The number of amides is 2. The molecule has 2 aromatic carbocycles. The number of para-hydroxylation sites is 1. The number of ether oxygens (including phenoxy) is 1. The second kappa shape index (κ2) is 10.4. The molecule has 1 aliphatic rings. The van der Waals surface area contributed by atoms with E-state index >= 15 is 0 Å². The lowest BCUT2D eigenvalue weighted by Crippen LogP contribution is -2.51. The van der Waals surface area contributed by atoms with Crippen molar-refractivity contribution in [3.8, 4) is 5.69 Å². The molecule has 0 aliphatic carbocycles. The summed E-state index contributed by atoms with van der Waals surface area (Å²) in [6, 6.07) is 10.9. The number of thioether (sulfide) groups is 1. The third-order valence-electron chi connectivity index (χ3n) is 5.39. The third kappa shape index (κ3) is 5.02. The first kappa shape index (κ1) is 24.0. The molecule has 34 heavy (non-hydrogen) atoms. The van der Waals surface area contributed by atoms with E-state index in [2.05, 4.69) is 4.98 Å². The number of fused-ring (bicyclic) bond motifs is 1. The SMILES string of the molecule is CCOC(=O)N1CCN(C(=O)CSc2nc3ccccc3c(=O)n2-c2ccc(F)c(Cl)c2)CC1. The van der Waals surface area contributed by atoms with Crippen LogP contribution in [-0.2, 0) is 9.53 Å². The summed E-state index contributed by atoms with van der Waals surface area (Å²) in [4.78, 5) is 45.8. The zero-order valence-electron chi connectivity index (χ0n) is 18.4. The Labute approximate surface area is 204 Å². The second-order valence-electron chi connectivity index (χ2n) is 7.51. The molecule has 4 rings (SSSR count). The highest BCUT2D eigenvalue weighted by atomic mass is 35.5. The molecule has 8 nitrogen and oxygen atoms in total. The first-order chi connectivity index (χ1) is 16.4. The van der Waals surface area contributed by atoms with E-state index < -0.39 is 5.82 Å². The minimum atomic E-state index is -0.599. The Kier molecular flexibility index (Phi) is 7.38. The lowest BCUT2D eigenvalue weighted by Gasteiger charge is -2.34. The molecule has 1 saturated heterocycles. The van der Waals surface area contributed by atoms with E-state index in [1.165, 1.54) is 22.8 Å². The summed E-state index contributed by atoms with van der Waals surface area (Å²) in [7, 11) is 0. The van der Waals surface area contributed by atoms with Crippen molar-refractivity contribution in [2.45, 2.75) is 12.1 Å². The summed E-state index contributed by atoms with van der Waals surface area (Å²) < 4.78 is 20.1. The first-order valence-corrected chi connectivity index (χ1v) is 12.0. The fourth-order valence-corrected chi connectivity index (χ4v) is 4.72. The normalized spacial score (nSPS) is 13.9. The van der Waals surface area contributed by atoms with Crippen molar-refractivity contribution in [2.24, 2.45) is 0 Å². The summed E-state index contributed by atoms with van der Waals surface area (Å²) >= 11 is 7.07. The van der Waals surface area contributed by atoms with Crippen molar-refractivity contribution in [3.63, 3.8) is 0 Å².